The van der Waals surface area contributed by atoms with Gasteiger partial charge in [-0.05, 0) is 58.2 Å². The second kappa shape index (κ2) is 27.1. The lowest BCUT2D eigenvalue weighted by atomic mass is 10.1. The average Bonchev–Trinajstić information content (AvgIpc) is 2.81. The first-order valence-electron chi connectivity index (χ1n) is 14.1. The van der Waals surface area contributed by atoms with Crippen LogP contribution < -0.4 is 21.7 Å². The second-order valence-corrected chi connectivity index (χ2v) is 9.40. The van der Waals surface area contributed by atoms with Crippen LogP contribution in [0, 0.1) is 0 Å². The number of nitrogens with one attached hydrogen (secondary N) is 3. The molecule has 33 heavy (non-hydrogen) atoms. The Morgan fingerprint density at radius 3 is 1.52 bits per heavy atom. The first-order chi connectivity index (χ1) is 16.2. The van der Waals surface area contributed by atoms with Gasteiger partial charge in [0, 0.05) is 25.9 Å². The third kappa shape index (κ3) is 27.0. The van der Waals surface area contributed by atoms with E-state index in [1.54, 1.807) is 0 Å². The van der Waals surface area contributed by atoms with Gasteiger partial charge in [-0.25, -0.2) is 0 Å². The summed E-state index contributed by atoms with van der Waals surface area (Å²) in [5.41, 5.74) is 5.51. The lowest BCUT2D eigenvalue weighted by Crippen LogP contribution is -2.27. The number of hydrogen-bond donors (Lipinski definition) is 4. The van der Waals surface area contributed by atoms with Gasteiger partial charge in [0.1, 0.15) is 0 Å². The molecule has 0 spiro atoms. The fraction of sp³-hybridized carbons (Fsp3) is 0.926. The van der Waals surface area contributed by atoms with Crippen molar-refractivity contribution in [3.8, 4) is 0 Å². The van der Waals surface area contributed by atoms with Gasteiger partial charge in [0.2, 0.25) is 11.8 Å². The molecule has 6 nitrogen and oxygen atoms in total. The van der Waals surface area contributed by atoms with Gasteiger partial charge < -0.3 is 21.7 Å². The van der Waals surface area contributed by atoms with Gasteiger partial charge in [-0.1, -0.05) is 77.6 Å². The van der Waals surface area contributed by atoms with Crippen LogP contribution in [0.15, 0.2) is 0 Å². The van der Waals surface area contributed by atoms with Crippen LogP contribution in [0.1, 0.15) is 129 Å². The summed E-state index contributed by atoms with van der Waals surface area (Å²) in [6.07, 6.45) is 21.5. The van der Waals surface area contributed by atoms with E-state index in [1.165, 1.54) is 64.2 Å². The molecule has 5 N–H and O–H groups in total. The van der Waals surface area contributed by atoms with Gasteiger partial charge in [-0.15, -0.1) is 0 Å². The van der Waals surface area contributed by atoms with Crippen molar-refractivity contribution in [1.29, 1.82) is 0 Å². The fourth-order valence-corrected chi connectivity index (χ4v) is 3.90. The smallest absolute Gasteiger partial charge is 0.219 e. The van der Waals surface area contributed by atoms with Gasteiger partial charge >= 0.3 is 0 Å². The van der Waals surface area contributed by atoms with Crippen LogP contribution in [-0.2, 0) is 9.59 Å². The van der Waals surface area contributed by atoms with E-state index >= 15 is 0 Å². The molecule has 0 unspecified atom stereocenters. The summed E-state index contributed by atoms with van der Waals surface area (Å²) in [6, 6.07) is 0. The Kier molecular flexibility index (Phi) is 26.2. The van der Waals surface area contributed by atoms with Crippen LogP contribution in [0.5, 0.6) is 0 Å². The molecule has 0 aliphatic carbocycles. The molecule has 0 aromatic rings. The Balaban J connectivity index is 3.21. The monoisotopic (exact) mass is 468 g/mol. The third-order valence-electron chi connectivity index (χ3n) is 6.07. The molecule has 0 aliphatic heterocycles. The number of nitrogens with two attached hydrogens (primary N) is 1. The third-order valence-corrected chi connectivity index (χ3v) is 6.07. The quantitative estimate of drug-likeness (QED) is 0.131. The highest BCUT2D eigenvalue weighted by Crippen LogP contribution is 2.10. The van der Waals surface area contributed by atoms with Gasteiger partial charge in [0.25, 0.3) is 0 Å². The van der Waals surface area contributed by atoms with Crippen LogP contribution in [-0.4, -0.2) is 44.5 Å². The Hall–Kier alpha value is -1.14. The number of hydrogen-bond acceptors (Lipinski definition) is 4. The minimum Gasteiger partial charge on any atom is -0.356 e. The molecule has 0 rings (SSSR count). The summed E-state index contributed by atoms with van der Waals surface area (Å²) < 4.78 is 0. The van der Waals surface area contributed by atoms with Gasteiger partial charge in [0.15, 0.2) is 0 Å². The van der Waals surface area contributed by atoms with Crippen molar-refractivity contribution in [2.24, 2.45) is 5.73 Å². The topological polar surface area (TPSA) is 96.2 Å². The molecule has 0 saturated heterocycles. The Morgan fingerprint density at radius 1 is 0.515 bits per heavy atom. The number of rotatable bonds is 26. The standard InChI is InChI=1S/C27H56N4O2/c1-2-3-13-19-26(32)30-24-17-12-14-20-27(33)31-25-18-23-29-22-16-11-9-7-5-4-6-8-10-15-21-28/h29H,2-25,28H2,1H3,(H,30,32)(H,31,33). The maximum absolute atomic E-state index is 11.9. The molecule has 196 valence electrons. The molecule has 6 heteroatoms. The molecule has 0 aliphatic rings. The molecular weight excluding hydrogens is 412 g/mol. The van der Waals surface area contributed by atoms with E-state index in [0.717, 1.165) is 77.7 Å². The van der Waals surface area contributed by atoms with Gasteiger partial charge in [-0.2, -0.15) is 0 Å². The van der Waals surface area contributed by atoms with Gasteiger partial charge in [-0.3, -0.25) is 9.59 Å². The molecule has 0 fully saturated rings. The summed E-state index contributed by atoms with van der Waals surface area (Å²) in [5.74, 6) is 0.313. The van der Waals surface area contributed by atoms with E-state index in [1.807, 2.05) is 0 Å². The van der Waals surface area contributed by atoms with Crippen molar-refractivity contribution in [1.82, 2.24) is 16.0 Å². The minimum absolute atomic E-state index is 0.151. The average molecular weight is 469 g/mol. The number of unbranched alkanes of at least 4 members (excludes halogenated alkanes) is 13. The lowest BCUT2D eigenvalue weighted by Gasteiger charge is -2.07. The second-order valence-electron chi connectivity index (χ2n) is 9.40. The lowest BCUT2D eigenvalue weighted by molar-refractivity contribution is -0.122. The zero-order valence-electron chi connectivity index (χ0n) is 21.9. The molecule has 2 amide bonds. The van der Waals surface area contributed by atoms with Crippen LogP contribution in [0.3, 0.4) is 0 Å². The van der Waals surface area contributed by atoms with E-state index in [-0.39, 0.29) is 11.8 Å². The van der Waals surface area contributed by atoms with Crippen LogP contribution in [0.25, 0.3) is 0 Å². The van der Waals surface area contributed by atoms with Crippen LogP contribution >= 0.6 is 0 Å². The van der Waals surface area contributed by atoms with Crippen molar-refractivity contribution in [3.05, 3.63) is 0 Å². The maximum atomic E-state index is 11.9. The highest BCUT2D eigenvalue weighted by molar-refractivity contribution is 5.76. The Labute approximate surface area is 205 Å². The highest BCUT2D eigenvalue weighted by Gasteiger charge is 2.02. The molecule has 0 radical (unpaired) electrons. The molecule has 0 heterocycles. The predicted molar refractivity (Wildman–Crippen MR) is 141 cm³/mol. The zero-order chi connectivity index (χ0) is 24.2. The van der Waals surface area contributed by atoms with Crippen molar-refractivity contribution in [3.63, 3.8) is 0 Å². The van der Waals surface area contributed by atoms with Crippen molar-refractivity contribution < 1.29 is 9.59 Å². The number of carbonyl (C=O) groups excluding carboxylic acids is 2. The van der Waals surface area contributed by atoms with Crippen LogP contribution in [0.4, 0.5) is 0 Å². The molecule has 0 aromatic heterocycles. The van der Waals surface area contributed by atoms with E-state index in [4.69, 9.17) is 5.73 Å². The largest absolute Gasteiger partial charge is 0.356 e. The van der Waals surface area contributed by atoms with Gasteiger partial charge in [0.05, 0.1) is 0 Å². The Morgan fingerprint density at radius 2 is 0.939 bits per heavy atom. The number of carbonyl (C=O) groups is 2. The summed E-state index contributed by atoms with van der Waals surface area (Å²) in [7, 11) is 0. The normalized spacial score (nSPS) is 11.0. The molecule has 0 bridgehead atoms. The highest BCUT2D eigenvalue weighted by atomic mass is 16.2. The molecule has 0 atom stereocenters. The predicted octanol–water partition coefficient (Wildman–Crippen LogP) is 5.20. The van der Waals surface area contributed by atoms with Crippen LogP contribution in [0.2, 0.25) is 0 Å². The van der Waals surface area contributed by atoms with E-state index in [2.05, 4.69) is 22.9 Å². The Bertz CT molecular complexity index is 432. The van der Waals surface area contributed by atoms with Crippen molar-refractivity contribution in [2.75, 3.05) is 32.7 Å². The molecule has 0 aromatic carbocycles. The molecule has 0 saturated carbocycles. The fourth-order valence-electron chi connectivity index (χ4n) is 3.90. The molecular formula is C27H56N4O2. The summed E-state index contributed by atoms with van der Waals surface area (Å²) in [6.45, 7) is 6.53. The van der Waals surface area contributed by atoms with E-state index in [0.29, 0.717) is 12.8 Å². The maximum Gasteiger partial charge on any atom is 0.219 e. The number of amides is 2. The van der Waals surface area contributed by atoms with Crippen molar-refractivity contribution in [2.45, 2.75) is 129 Å². The summed E-state index contributed by atoms with van der Waals surface area (Å²) in [5, 5.41) is 9.46. The first kappa shape index (κ1) is 31.9. The summed E-state index contributed by atoms with van der Waals surface area (Å²) >= 11 is 0. The SMILES string of the molecule is CCCCCC(=O)NCCCCCC(=O)NCCCNCCCCCCCCCCCCN. The van der Waals surface area contributed by atoms with E-state index in [9.17, 15) is 9.59 Å². The first-order valence-corrected chi connectivity index (χ1v) is 14.1. The van der Waals surface area contributed by atoms with E-state index < -0.39 is 0 Å². The summed E-state index contributed by atoms with van der Waals surface area (Å²) in [4.78, 5) is 23.5. The zero-order valence-corrected chi connectivity index (χ0v) is 21.9. The van der Waals surface area contributed by atoms with Crippen molar-refractivity contribution >= 4 is 11.8 Å². The minimum atomic E-state index is 0.151.